The van der Waals surface area contributed by atoms with Crippen LogP contribution < -0.4 is 10.1 Å². The summed E-state index contributed by atoms with van der Waals surface area (Å²) in [6, 6.07) is 23.4. The van der Waals surface area contributed by atoms with E-state index in [1.54, 1.807) is 36.4 Å². The lowest BCUT2D eigenvalue weighted by Crippen LogP contribution is -2.24. The first kappa shape index (κ1) is 20.9. The molecule has 1 atom stereocenters. The molecule has 150 valence electrons. The van der Waals surface area contributed by atoms with Crippen LogP contribution in [0.4, 0.5) is 5.69 Å². The number of ether oxygens (including phenoxy) is 2. The third kappa shape index (κ3) is 6.61. The van der Waals surface area contributed by atoms with Crippen molar-refractivity contribution in [3.8, 4) is 5.75 Å². The van der Waals surface area contributed by atoms with E-state index in [1.165, 1.54) is 0 Å². The second-order valence-corrected chi connectivity index (χ2v) is 6.86. The van der Waals surface area contributed by atoms with E-state index in [2.05, 4.69) is 5.32 Å². The van der Waals surface area contributed by atoms with Gasteiger partial charge in [0.15, 0.2) is 0 Å². The van der Waals surface area contributed by atoms with Crippen LogP contribution in [0.15, 0.2) is 78.9 Å². The number of hydrogen-bond acceptors (Lipinski definition) is 4. The normalized spacial score (nSPS) is 11.7. The first-order chi connectivity index (χ1) is 14.1. The van der Waals surface area contributed by atoms with Gasteiger partial charge in [-0.3, -0.25) is 4.79 Å². The average Bonchev–Trinajstić information content (AvgIpc) is 2.74. The van der Waals surface area contributed by atoms with E-state index >= 15 is 0 Å². The number of carbonyl (C=O) groups excluding carboxylic acids is 1. The topological polar surface area (TPSA) is 67.8 Å². The molecule has 0 heterocycles. The van der Waals surface area contributed by atoms with E-state index < -0.39 is 6.10 Å². The summed E-state index contributed by atoms with van der Waals surface area (Å²) in [5, 5.41) is 13.6. The van der Waals surface area contributed by atoms with Gasteiger partial charge >= 0.3 is 0 Å². The van der Waals surface area contributed by atoms with Crippen LogP contribution >= 0.6 is 11.6 Å². The minimum Gasteiger partial charge on any atom is -0.490 e. The smallest absolute Gasteiger partial charge is 0.259 e. The van der Waals surface area contributed by atoms with Crippen molar-refractivity contribution in [1.29, 1.82) is 0 Å². The zero-order valence-electron chi connectivity index (χ0n) is 15.8. The second kappa shape index (κ2) is 10.6. The van der Waals surface area contributed by atoms with Gasteiger partial charge in [-0.1, -0.05) is 54.1 Å². The van der Waals surface area contributed by atoms with E-state index in [1.807, 2.05) is 42.5 Å². The van der Waals surface area contributed by atoms with Crippen molar-refractivity contribution in [2.45, 2.75) is 12.7 Å². The van der Waals surface area contributed by atoms with Crippen molar-refractivity contribution in [2.75, 3.05) is 18.5 Å². The standard InChI is InChI=1S/C23H22ClNO4/c24-18-12-10-17(11-13-18)14-28-15-20(26)16-29-22-9-5-4-8-21(22)23(27)25-19-6-2-1-3-7-19/h1-13,20,26H,14-16H2,(H,25,27). The van der Waals surface area contributed by atoms with Crippen LogP contribution in [0.25, 0.3) is 0 Å². The van der Waals surface area contributed by atoms with Crippen LogP contribution in [0.3, 0.4) is 0 Å². The summed E-state index contributed by atoms with van der Waals surface area (Å²) in [6.45, 7) is 0.488. The number of hydrogen-bond donors (Lipinski definition) is 2. The lowest BCUT2D eigenvalue weighted by atomic mass is 10.2. The number of para-hydroxylation sites is 2. The van der Waals surface area contributed by atoms with Crippen LogP contribution in [0, 0.1) is 0 Å². The lowest BCUT2D eigenvalue weighted by Gasteiger charge is -2.15. The molecule has 1 amide bonds. The highest BCUT2D eigenvalue weighted by atomic mass is 35.5. The van der Waals surface area contributed by atoms with Crippen LogP contribution in [-0.4, -0.2) is 30.3 Å². The number of rotatable bonds is 9. The third-order valence-electron chi connectivity index (χ3n) is 4.09. The molecule has 0 radical (unpaired) electrons. The molecule has 0 aromatic heterocycles. The highest BCUT2D eigenvalue weighted by molar-refractivity contribution is 6.30. The fourth-order valence-corrected chi connectivity index (χ4v) is 2.75. The highest BCUT2D eigenvalue weighted by Gasteiger charge is 2.14. The van der Waals surface area contributed by atoms with Gasteiger partial charge in [-0.25, -0.2) is 0 Å². The molecule has 0 spiro atoms. The number of benzene rings is 3. The van der Waals surface area contributed by atoms with Crippen molar-refractivity contribution in [2.24, 2.45) is 0 Å². The molecule has 0 saturated carbocycles. The Morgan fingerprint density at radius 3 is 2.38 bits per heavy atom. The maximum absolute atomic E-state index is 12.5. The van der Waals surface area contributed by atoms with Crippen LogP contribution in [0.1, 0.15) is 15.9 Å². The minimum atomic E-state index is -0.826. The average molecular weight is 412 g/mol. The quantitative estimate of drug-likeness (QED) is 0.542. The Balaban J connectivity index is 1.49. The summed E-state index contributed by atoms with van der Waals surface area (Å²) in [5.41, 5.74) is 2.05. The van der Waals surface area contributed by atoms with E-state index in [9.17, 15) is 9.90 Å². The number of carbonyl (C=O) groups is 1. The maximum atomic E-state index is 12.5. The molecule has 0 bridgehead atoms. The third-order valence-corrected chi connectivity index (χ3v) is 4.34. The maximum Gasteiger partial charge on any atom is 0.259 e. The van der Waals surface area contributed by atoms with Gasteiger partial charge in [0.1, 0.15) is 18.5 Å². The lowest BCUT2D eigenvalue weighted by molar-refractivity contribution is 0.00536. The Bertz CT molecular complexity index is 916. The summed E-state index contributed by atoms with van der Waals surface area (Å²) in [5.74, 6) is 0.123. The molecule has 3 rings (SSSR count). The number of halogens is 1. The Hall–Kier alpha value is -2.86. The largest absolute Gasteiger partial charge is 0.490 e. The van der Waals surface area contributed by atoms with Gasteiger partial charge < -0.3 is 19.9 Å². The van der Waals surface area contributed by atoms with Gasteiger partial charge in [-0.15, -0.1) is 0 Å². The predicted octanol–water partition coefficient (Wildman–Crippen LogP) is 4.55. The number of nitrogens with one attached hydrogen (secondary N) is 1. The first-order valence-corrected chi connectivity index (χ1v) is 9.58. The monoisotopic (exact) mass is 411 g/mol. The summed E-state index contributed by atoms with van der Waals surface area (Å²) < 4.78 is 11.2. The molecule has 0 fully saturated rings. The number of aliphatic hydroxyl groups excluding tert-OH is 1. The number of anilines is 1. The number of amides is 1. The van der Waals surface area contributed by atoms with Crippen molar-refractivity contribution < 1.29 is 19.4 Å². The Morgan fingerprint density at radius 1 is 0.931 bits per heavy atom. The molecule has 0 aliphatic carbocycles. The van der Waals surface area contributed by atoms with E-state index in [-0.39, 0.29) is 19.1 Å². The van der Waals surface area contributed by atoms with Gasteiger partial charge in [-0.05, 0) is 42.0 Å². The molecular formula is C23H22ClNO4. The van der Waals surface area contributed by atoms with E-state index in [4.69, 9.17) is 21.1 Å². The molecule has 3 aromatic rings. The molecule has 29 heavy (non-hydrogen) atoms. The predicted molar refractivity (Wildman–Crippen MR) is 113 cm³/mol. The molecule has 0 aliphatic heterocycles. The van der Waals surface area contributed by atoms with Crippen LogP contribution in [0.5, 0.6) is 5.75 Å². The molecule has 3 aromatic carbocycles. The minimum absolute atomic E-state index is 0.0102. The Kier molecular flexibility index (Phi) is 7.64. The first-order valence-electron chi connectivity index (χ1n) is 9.20. The highest BCUT2D eigenvalue weighted by Crippen LogP contribution is 2.20. The van der Waals surface area contributed by atoms with Gasteiger partial charge in [0.05, 0.1) is 18.8 Å². The van der Waals surface area contributed by atoms with Crippen molar-refractivity contribution in [1.82, 2.24) is 0 Å². The van der Waals surface area contributed by atoms with Crippen molar-refractivity contribution in [3.05, 3.63) is 95.0 Å². The molecule has 0 saturated heterocycles. The van der Waals surface area contributed by atoms with E-state index in [0.717, 1.165) is 5.56 Å². The van der Waals surface area contributed by atoms with Crippen molar-refractivity contribution >= 4 is 23.2 Å². The van der Waals surface area contributed by atoms with Gasteiger partial charge in [0.25, 0.3) is 5.91 Å². The molecule has 1 unspecified atom stereocenters. The number of aliphatic hydroxyl groups is 1. The van der Waals surface area contributed by atoms with Gasteiger partial charge in [0.2, 0.25) is 0 Å². The molecule has 2 N–H and O–H groups in total. The zero-order valence-corrected chi connectivity index (χ0v) is 16.5. The van der Waals surface area contributed by atoms with Gasteiger partial charge in [0, 0.05) is 10.7 Å². The molecule has 6 heteroatoms. The Labute approximate surface area is 174 Å². The summed E-state index contributed by atoms with van der Waals surface area (Å²) in [4.78, 5) is 12.5. The van der Waals surface area contributed by atoms with Gasteiger partial charge in [-0.2, -0.15) is 0 Å². The fraction of sp³-hybridized carbons (Fsp3) is 0.174. The second-order valence-electron chi connectivity index (χ2n) is 6.42. The fourth-order valence-electron chi connectivity index (χ4n) is 2.63. The SMILES string of the molecule is O=C(Nc1ccccc1)c1ccccc1OCC(O)COCc1ccc(Cl)cc1. The summed E-state index contributed by atoms with van der Waals surface area (Å²) in [7, 11) is 0. The summed E-state index contributed by atoms with van der Waals surface area (Å²) >= 11 is 5.85. The molecular weight excluding hydrogens is 390 g/mol. The van der Waals surface area contributed by atoms with Crippen LogP contribution in [0.2, 0.25) is 5.02 Å². The zero-order chi connectivity index (χ0) is 20.5. The molecule has 0 aliphatic rings. The van der Waals surface area contributed by atoms with E-state index in [0.29, 0.717) is 28.6 Å². The van der Waals surface area contributed by atoms with Crippen LogP contribution in [-0.2, 0) is 11.3 Å². The summed E-state index contributed by atoms with van der Waals surface area (Å²) in [6.07, 6.45) is -0.826. The Morgan fingerprint density at radius 2 is 1.62 bits per heavy atom. The molecule has 5 nitrogen and oxygen atoms in total. The van der Waals surface area contributed by atoms with Crippen molar-refractivity contribution in [3.63, 3.8) is 0 Å².